The first-order valence-corrected chi connectivity index (χ1v) is 6.02. The normalized spacial score (nSPS) is 17.5. The van der Waals surface area contributed by atoms with Crippen molar-refractivity contribution in [3.05, 3.63) is 36.4 Å². The Kier molecular flexibility index (Phi) is 2.59. The number of nitrogens with two attached hydrogens (primary N) is 1. The minimum atomic E-state index is -0.643. The van der Waals surface area contributed by atoms with Crippen molar-refractivity contribution in [1.82, 2.24) is 0 Å². The number of hydrogen-bond donors (Lipinski definition) is 3. The first-order valence-electron chi connectivity index (χ1n) is 6.02. The summed E-state index contributed by atoms with van der Waals surface area (Å²) in [6.45, 7) is 0. The number of amides is 2. The van der Waals surface area contributed by atoms with Gasteiger partial charge in [-0.05, 0) is 17.5 Å². The van der Waals surface area contributed by atoms with E-state index in [9.17, 15) is 9.59 Å². The molecular formula is C14H13N3O2. The molecule has 0 radical (unpaired) electrons. The zero-order valence-electron chi connectivity index (χ0n) is 10.1. The average molecular weight is 255 g/mol. The first-order chi connectivity index (χ1) is 9.15. The Morgan fingerprint density at radius 1 is 1.16 bits per heavy atom. The highest BCUT2D eigenvalue weighted by Gasteiger charge is 2.25. The van der Waals surface area contributed by atoms with Gasteiger partial charge in [-0.15, -0.1) is 0 Å². The molecule has 2 amide bonds. The second-order valence-corrected chi connectivity index (χ2v) is 4.57. The molecule has 0 fully saturated rings. The van der Waals surface area contributed by atoms with Crippen molar-refractivity contribution >= 4 is 34.0 Å². The van der Waals surface area contributed by atoms with E-state index in [2.05, 4.69) is 10.6 Å². The molecule has 0 spiro atoms. The minimum absolute atomic E-state index is 0.0315. The van der Waals surface area contributed by atoms with Crippen molar-refractivity contribution in [2.24, 2.45) is 5.73 Å². The predicted octanol–water partition coefficient (Wildman–Crippen LogP) is 1.45. The highest BCUT2D eigenvalue weighted by molar-refractivity contribution is 6.12. The van der Waals surface area contributed by atoms with Crippen LogP contribution in [0.5, 0.6) is 0 Å². The van der Waals surface area contributed by atoms with Gasteiger partial charge < -0.3 is 16.4 Å². The lowest BCUT2D eigenvalue weighted by Gasteiger charge is -2.14. The molecule has 0 saturated carbocycles. The van der Waals surface area contributed by atoms with Crippen LogP contribution in [0.25, 0.3) is 10.8 Å². The highest BCUT2D eigenvalue weighted by Crippen LogP contribution is 2.33. The van der Waals surface area contributed by atoms with E-state index >= 15 is 0 Å². The molecule has 3 rings (SSSR count). The average Bonchev–Trinajstić information content (AvgIpc) is 2.49. The maximum atomic E-state index is 12.1. The van der Waals surface area contributed by atoms with Gasteiger partial charge in [0.05, 0.1) is 12.1 Å². The van der Waals surface area contributed by atoms with Crippen molar-refractivity contribution in [3.63, 3.8) is 0 Å². The number of rotatable bonds is 2. The minimum Gasteiger partial charge on any atom is -0.373 e. The first kappa shape index (κ1) is 11.5. The van der Waals surface area contributed by atoms with Crippen LogP contribution in [0.2, 0.25) is 0 Å². The largest absolute Gasteiger partial charge is 0.373 e. The third-order valence-electron chi connectivity index (χ3n) is 3.21. The van der Waals surface area contributed by atoms with Crippen molar-refractivity contribution < 1.29 is 9.59 Å². The summed E-state index contributed by atoms with van der Waals surface area (Å²) >= 11 is 0. The number of hydrogen-bond acceptors (Lipinski definition) is 3. The lowest BCUT2D eigenvalue weighted by molar-refractivity contribution is -0.122. The van der Waals surface area contributed by atoms with Crippen LogP contribution in [-0.2, 0) is 9.59 Å². The van der Waals surface area contributed by atoms with E-state index in [1.54, 1.807) is 0 Å². The van der Waals surface area contributed by atoms with Gasteiger partial charge in [-0.3, -0.25) is 9.59 Å². The molecular weight excluding hydrogens is 242 g/mol. The van der Waals surface area contributed by atoms with E-state index in [0.29, 0.717) is 0 Å². The summed E-state index contributed by atoms with van der Waals surface area (Å²) in [6.07, 6.45) is -0.0315. The van der Waals surface area contributed by atoms with Crippen LogP contribution in [0.15, 0.2) is 36.4 Å². The number of carbonyl (C=O) groups is 2. The summed E-state index contributed by atoms with van der Waals surface area (Å²) in [6, 6.07) is 10.8. The van der Waals surface area contributed by atoms with Crippen LogP contribution < -0.4 is 16.4 Å². The van der Waals surface area contributed by atoms with Crippen LogP contribution >= 0.6 is 0 Å². The van der Waals surface area contributed by atoms with E-state index in [1.807, 2.05) is 36.4 Å². The van der Waals surface area contributed by atoms with Crippen LogP contribution in [0.3, 0.4) is 0 Å². The number of primary amides is 1. The molecule has 1 heterocycles. The maximum absolute atomic E-state index is 12.1. The quantitative estimate of drug-likeness (QED) is 0.759. The van der Waals surface area contributed by atoms with Gasteiger partial charge in [-0.25, -0.2) is 0 Å². The molecule has 1 aliphatic heterocycles. The number of anilines is 2. The Balaban J connectivity index is 2.13. The topological polar surface area (TPSA) is 84.2 Å². The number of carbonyl (C=O) groups excluding carboxylic acids is 2. The van der Waals surface area contributed by atoms with Crippen molar-refractivity contribution in [2.45, 2.75) is 12.5 Å². The molecule has 0 bridgehead atoms. The fourth-order valence-corrected chi connectivity index (χ4v) is 2.38. The second kappa shape index (κ2) is 4.28. The Hall–Kier alpha value is -2.56. The molecule has 96 valence electrons. The molecule has 0 aliphatic carbocycles. The van der Waals surface area contributed by atoms with Crippen molar-refractivity contribution in [1.29, 1.82) is 0 Å². The van der Waals surface area contributed by atoms with Crippen molar-refractivity contribution in [2.75, 3.05) is 10.6 Å². The zero-order chi connectivity index (χ0) is 13.4. The standard InChI is InChI=1S/C14H13N3O2/c15-12(18)7-11-14(19)17-10-6-2-4-8-3-1-5-9(16-11)13(8)10/h1-6,11,16H,7H2,(H2,15,18)(H,17,19)/t11-/m0/s1. The molecule has 1 aliphatic rings. The Morgan fingerprint density at radius 3 is 2.53 bits per heavy atom. The van der Waals surface area contributed by atoms with E-state index in [4.69, 9.17) is 5.73 Å². The summed E-state index contributed by atoms with van der Waals surface area (Å²) in [4.78, 5) is 23.1. The molecule has 2 aromatic rings. The maximum Gasteiger partial charge on any atom is 0.247 e. The molecule has 5 heteroatoms. The van der Waals surface area contributed by atoms with Crippen molar-refractivity contribution in [3.8, 4) is 0 Å². The number of benzene rings is 2. The lowest BCUT2D eigenvalue weighted by atomic mass is 10.1. The Morgan fingerprint density at radius 2 is 1.84 bits per heavy atom. The van der Waals surface area contributed by atoms with Gasteiger partial charge in [0, 0.05) is 11.1 Å². The van der Waals surface area contributed by atoms with Gasteiger partial charge in [-0.2, -0.15) is 0 Å². The summed E-state index contributed by atoms with van der Waals surface area (Å²) in [5.41, 5.74) is 6.76. The third kappa shape index (κ3) is 1.99. The van der Waals surface area contributed by atoms with Gasteiger partial charge >= 0.3 is 0 Å². The second-order valence-electron chi connectivity index (χ2n) is 4.57. The molecule has 0 aromatic heterocycles. The fraction of sp³-hybridized carbons (Fsp3) is 0.143. The smallest absolute Gasteiger partial charge is 0.247 e. The lowest BCUT2D eigenvalue weighted by Crippen LogP contribution is -2.36. The number of nitrogens with one attached hydrogen (secondary N) is 2. The molecule has 4 N–H and O–H groups in total. The van der Waals surface area contributed by atoms with Crippen LogP contribution in [0.1, 0.15) is 6.42 Å². The van der Waals surface area contributed by atoms with Gasteiger partial charge in [0.15, 0.2) is 0 Å². The van der Waals surface area contributed by atoms with E-state index < -0.39 is 11.9 Å². The summed E-state index contributed by atoms with van der Waals surface area (Å²) in [5, 5.41) is 7.90. The Bertz CT molecular complexity index is 676. The molecule has 1 atom stereocenters. The summed E-state index contributed by atoms with van der Waals surface area (Å²) in [7, 11) is 0. The molecule has 0 saturated heterocycles. The van der Waals surface area contributed by atoms with E-state index in [-0.39, 0.29) is 12.3 Å². The summed E-state index contributed by atoms with van der Waals surface area (Å²) in [5.74, 6) is -0.756. The third-order valence-corrected chi connectivity index (χ3v) is 3.21. The molecule has 19 heavy (non-hydrogen) atoms. The van der Waals surface area contributed by atoms with Gasteiger partial charge in [-0.1, -0.05) is 24.3 Å². The Labute approximate surface area is 109 Å². The molecule has 0 unspecified atom stereocenters. The van der Waals surface area contributed by atoms with Gasteiger partial charge in [0.25, 0.3) is 0 Å². The van der Waals surface area contributed by atoms with Crippen LogP contribution in [0, 0.1) is 0 Å². The SMILES string of the molecule is NC(=O)C[C@@H]1Nc2cccc3cccc(c23)NC1=O. The summed E-state index contributed by atoms with van der Waals surface area (Å²) < 4.78 is 0. The predicted molar refractivity (Wildman–Crippen MR) is 73.8 cm³/mol. The highest BCUT2D eigenvalue weighted by atomic mass is 16.2. The van der Waals surface area contributed by atoms with Gasteiger partial charge in [0.2, 0.25) is 11.8 Å². The van der Waals surface area contributed by atoms with Crippen LogP contribution in [0.4, 0.5) is 11.4 Å². The van der Waals surface area contributed by atoms with Crippen LogP contribution in [-0.4, -0.2) is 17.9 Å². The molecule has 5 nitrogen and oxygen atoms in total. The monoisotopic (exact) mass is 255 g/mol. The van der Waals surface area contributed by atoms with E-state index in [1.165, 1.54) is 0 Å². The van der Waals surface area contributed by atoms with Gasteiger partial charge in [0.1, 0.15) is 6.04 Å². The fourth-order valence-electron chi connectivity index (χ4n) is 2.38. The molecule has 2 aromatic carbocycles. The van der Waals surface area contributed by atoms with E-state index in [0.717, 1.165) is 22.1 Å². The zero-order valence-corrected chi connectivity index (χ0v) is 10.1.